The van der Waals surface area contributed by atoms with Gasteiger partial charge in [0, 0.05) is 6.20 Å². The Labute approximate surface area is 103 Å². The highest BCUT2D eigenvalue weighted by atomic mass is 16.1. The molecule has 90 valence electrons. The third-order valence-corrected chi connectivity index (χ3v) is 2.23. The molecule has 0 fully saturated rings. The molecule has 0 saturated heterocycles. The van der Waals surface area contributed by atoms with Gasteiger partial charge in [-0.05, 0) is 18.2 Å². The highest BCUT2D eigenvalue weighted by molar-refractivity contribution is 5.99. The Morgan fingerprint density at radius 2 is 2.06 bits per heavy atom. The number of nitrogens with two attached hydrogens (primary N) is 1. The largest absolute Gasteiger partial charge is 0.366 e. The van der Waals surface area contributed by atoms with E-state index < -0.39 is 5.91 Å². The first kappa shape index (κ1) is 11.7. The lowest BCUT2D eigenvalue weighted by Crippen LogP contribution is -2.13. The summed E-state index contributed by atoms with van der Waals surface area (Å²) in [6, 6.07) is 8.36. The van der Waals surface area contributed by atoms with E-state index in [1.165, 1.54) is 6.20 Å². The zero-order valence-corrected chi connectivity index (χ0v) is 9.33. The minimum Gasteiger partial charge on any atom is -0.366 e. The molecule has 1 heterocycles. The van der Waals surface area contributed by atoms with Crippen LogP contribution < -0.4 is 11.1 Å². The number of rotatable bonds is 4. The maximum atomic E-state index is 11.2. The number of hydrogen-bond donors (Lipinski definition) is 2. The second-order valence-electron chi connectivity index (χ2n) is 3.45. The number of aromatic nitrogens is 2. The molecule has 2 rings (SSSR count). The monoisotopic (exact) mass is 242 g/mol. The highest BCUT2D eigenvalue weighted by Crippen LogP contribution is 2.18. The molecule has 1 aromatic carbocycles. The van der Waals surface area contributed by atoms with Crippen molar-refractivity contribution in [3.8, 4) is 0 Å². The molecule has 0 aliphatic heterocycles. The molecule has 0 bridgehead atoms. The Kier molecular flexibility index (Phi) is 3.29. The van der Waals surface area contributed by atoms with E-state index in [0.717, 1.165) is 0 Å². The third-order valence-electron chi connectivity index (χ3n) is 2.23. The summed E-state index contributed by atoms with van der Waals surface area (Å²) in [6.45, 7) is 0. The van der Waals surface area contributed by atoms with Crippen LogP contribution in [0.5, 0.6) is 0 Å². The molecular formula is C12H10N4O2. The summed E-state index contributed by atoms with van der Waals surface area (Å²) >= 11 is 0. The number of nitrogens with one attached hydrogen (secondary N) is 1. The van der Waals surface area contributed by atoms with E-state index in [0.29, 0.717) is 23.4 Å². The molecule has 0 radical (unpaired) electrons. The Balaban J connectivity index is 2.33. The van der Waals surface area contributed by atoms with Crippen LogP contribution in [-0.4, -0.2) is 22.2 Å². The smallest absolute Gasteiger partial charge is 0.250 e. The number of aldehydes is 1. The van der Waals surface area contributed by atoms with Gasteiger partial charge in [0.2, 0.25) is 0 Å². The number of anilines is 2. The molecule has 6 heteroatoms. The number of hydrogen-bond acceptors (Lipinski definition) is 5. The number of para-hydroxylation sites is 1. The van der Waals surface area contributed by atoms with Crippen molar-refractivity contribution in [2.75, 3.05) is 5.32 Å². The van der Waals surface area contributed by atoms with Gasteiger partial charge < -0.3 is 11.1 Å². The van der Waals surface area contributed by atoms with Crippen LogP contribution in [0, 0.1) is 0 Å². The Morgan fingerprint density at radius 3 is 2.78 bits per heavy atom. The molecule has 0 aliphatic rings. The summed E-state index contributed by atoms with van der Waals surface area (Å²) in [6.07, 6.45) is 2.00. The molecule has 3 N–H and O–H groups in total. The number of amides is 1. The van der Waals surface area contributed by atoms with Gasteiger partial charge in [-0.15, -0.1) is 0 Å². The average molecular weight is 242 g/mol. The molecule has 0 unspecified atom stereocenters. The summed E-state index contributed by atoms with van der Waals surface area (Å²) in [4.78, 5) is 29.5. The van der Waals surface area contributed by atoms with Gasteiger partial charge in [0.05, 0.1) is 11.3 Å². The summed E-state index contributed by atoms with van der Waals surface area (Å²) in [7, 11) is 0. The van der Waals surface area contributed by atoms with Gasteiger partial charge in [-0.25, -0.2) is 9.97 Å². The molecule has 2 aromatic rings. The fourth-order valence-electron chi connectivity index (χ4n) is 1.45. The summed E-state index contributed by atoms with van der Waals surface area (Å²) in [5, 5.41) is 2.92. The van der Waals surface area contributed by atoms with Crippen molar-refractivity contribution in [3.63, 3.8) is 0 Å². The molecule has 6 nitrogen and oxygen atoms in total. The number of carbonyl (C=O) groups is 2. The van der Waals surface area contributed by atoms with Crippen LogP contribution in [0.4, 0.5) is 11.5 Å². The fourth-order valence-corrected chi connectivity index (χ4v) is 1.45. The van der Waals surface area contributed by atoms with E-state index in [-0.39, 0.29) is 5.82 Å². The Morgan fingerprint density at radius 1 is 1.28 bits per heavy atom. The van der Waals surface area contributed by atoms with E-state index >= 15 is 0 Å². The predicted octanol–water partition coefficient (Wildman–Crippen LogP) is 1.13. The highest BCUT2D eigenvalue weighted by Gasteiger charge is 2.07. The van der Waals surface area contributed by atoms with Crippen molar-refractivity contribution >= 4 is 23.7 Å². The SMILES string of the molecule is NC(=O)c1ccccc1Nc1ccnc(C=O)n1. The van der Waals surface area contributed by atoms with Gasteiger partial charge in [-0.2, -0.15) is 0 Å². The Hall–Kier alpha value is -2.76. The van der Waals surface area contributed by atoms with Crippen LogP contribution >= 0.6 is 0 Å². The zero-order chi connectivity index (χ0) is 13.0. The van der Waals surface area contributed by atoms with Gasteiger partial charge >= 0.3 is 0 Å². The van der Waals surface area contributed by atoms with Gasteiger partial charge in [-0.3, -0.25) is 9.59 Å². The number of primary amides is 1. The van der Waals surface area contributed by atoms with Crippen LogP contribution in [0.3, 0.4) is 0 Å². The van der Waals surface area contributed by atoms with Crippen LogP contribution in [-0.2, 0) is 0 Å². The van der Waals surface area contributed by atoms with Crippen LogP contribution in [0.25, 0.3) is 0 Å². The summed E-state index contributed by atoms with van der Waals surface area (Å²) in [5.74, 6) is -0.0554. The van der Waals surface area contributed by atoms with Crippen molar-refractivity contribution in [3.05, 3.63) is 47.9 Å². The topological polar surface area (TPSA) is 98.0 Å². The fraction of sp³-hybridized carbons (Fsp3) is 0. The molecule has 0 aliphatic carbocycles. The maximum Gasteiger partial charge on any atom is 0.250 e. The van der Waals surface area contributed by atoms with Gasteiger partial charge in [0.1, 0.15) is 5.82 Å². The van der Waals surface area contributed by atoms with Crippen LogP contribution in [0.2, 0.25) is 0 Å². The van der Waals surface area contributed by atoms with Crippen molar-refractivity contribution in [2.45, 2.75) is 0 Å². The lowest BCUT2D eigenvalue weighted by atomic mass is 10.1. The van der Waals surface area contributed by atoms with E-state index in [2.05, 4.69) is 15.3 Å². The van der Waals surface area contributed by atoms with E-state index in [1.54, 1.807) is 30.3 Å². The molecule has 18 heavy (non-hydrogen) atoms. The van der Waals surface area contributed by atoms with Crippen LogP contribution in [0.1, 0.15) is 21.0 Å². The molecule has 1 amide bonds. The molecule has 0 spiro atoms. The molecular weight excluding hydrogens is 232 g/mol. The summed E-state index contributed by atoms with van der Waals surface area (Å²) < 4.78 is 0. The zero-order valence-electron chi connectivity index (χ0n) is 9.33. The van der Waals surface area contributed by atoms with Gasteiger partial charge in [0.25, 0.3) is 5.91 Å². The van der Waals surface area contributed by atoms with Crippen molar-refractivity contribution in [1.29, 1.82) is 0 Å². The lowest BCUT2D eigenvalue weighted by molar-refractivity contribution is 0.100. The normalized spacial score (nSPS) is 9.78. The first-order valence-electron chi connectivity index (χ1n) is 5.15. The van der Waals surface area contributed by atoms with Crippen molar-refractivity contribution in [2.24, 2.45) is 5.73 Å². The average Bonchev–Trinajstić information content (AvgIpc) is 2.39. The van der Waals surface area contributed by atoms with Gasteiger partial charge in [-0.1, -0.05) is 12.1 Å². The first-order valence-corrected chi connectivity index (χ1v) is 5.15. The van der Waals surface area contributed by atoms with Crippen LogP contribution in [0.15, 0.2) is 36.5 Å². The molecule has 0 atom stereocenters. The van der Waals surface area contributed by atoms with E-state index in [1.807, 2.05) is 0 Å². The number of carbonyl (C=O) groups excluding carboxylic acids is 2. The Bertz CT molecular complexity index is 598. The van der Waals surface area contributed by atoms with Crippen molar-refractivity contribution < 1.29 is 9.59 Å². The number of nitrogens with zero attached hydrogens (tertiary/aromatic N) is 2. The lowest BCUT2D eigenvalue weighted by Gasteiger charge is -2.08. The van der Waals surface area contributed by atoms with E-state index in [9.17, 15) is 9.59 Å². The second kappa shape index (κ2) is 5.05. The third kappa shape index (κ3) is 2.49. The van der Waals surface area contributed by atoms with E-state index in [4.69, 9.17) is 5.73 Å². The standard InChI is InChI=1S/C12H10N4O2/c13-12(18)8-3-1-2-4-9(8)15-10-5-6-14-11(7-17)16-10/h1-7H,(H2,13,18)(H,14,15,16). The predicted molar refractivity (Wildman–Crippen MR) is 65.7 cm³/mol. The molecule has 0 saturated carbocycles. The minimum absolute atomic E-state index is 0.0663. The van der Waals surface area contributed by atoms with Crippen molar-refractivity contribution in [1.82, 2.24) is 9.97 Å². The number of benzene rings is 1. The quantitative estimate of drug-likeness (QED) is 0.783. The summed E-state index contributed by atoms with van der Waals surface area (Å²) in [5.41, 5.74) is 6.14. The second-order valence-corrected chi connectivity index (χ2v) is 3.45. The van der Waals surface area contributed by atoms with Gasteiger partial charge in [0.15, 0.2) is 12.1 Å². The first-order chi connectivity index (χ1) is 8.70. The molecule has 1 aromatic heterocycles. The maximum absolute atomic E-state index is 11.2. The minimum atomic E-state index is -0.539.